The van der Waals surface area contributed by atoms with Gasteiger partial charge in [0.25, 0.3) is 0 Å². The molecule has 1 aliphatic heterocycles. The van der Waals surface area contributed by atoms with E-state index >= 15 is 0 Å². The predicted molar refractivity (Wildman–Crippen MR) is 82.8 cm³/mol. The second kappa shape index (κ2) is 6.86. The SMILES string of the molecule is CC(C)c1cccc(NC(=O)CN2CCC(CN)C2)c1. The van der Waals surface area contributed by atoms with E-state index in [1.165, 1.54) is 5.56 Å². The summed E-state index contributed by atoms with van der Waals surface area (Å²) < 4.78 is 0. The number of hydrogen-bond donors (Lipinski definition) is 2. The Morgan fingerprint density at radius 1 is 1.50 bits per heavy atom. The van der Waals surface area contributed by atoms with Crippen molar-refractivity contribution in [2.75, 3.05) is 31.5 Å². The van der Waals surface area contributed by atoms with Gasteiger partial charge in [0.1, 0.15) is 0 Å². The molecule has 1 atom stereocenters. The minimum atomic E-state index is 0.0589. The molecule has 4 nitrogen and oxygen atoms in total. The number of likely N-dealkylation sites (tertiary alicyclic amines) is 1. The normalized spacial score (nSPS) is 19.5. The molecule has 0 spiro atoms. The maximum atomic E-state index is 12.1. The molecule has 1 aliphatic rings. The van der Waals surface area contributed by atoms with E-state index in [1.54, 1.807) is 0 Å². The molecule has 1 amide bonds. The molecule has 0 aliphatic carbocycles. The smallest absolute Gasteiger partial charge is 0.238 e. The Morgan fingerprint density at radius 3 is 2.95 bits per heavy atom. The van der Waals surface area contributed by atoms with Crippen LogP contribution in [0.1, 0.15) is 31.7 Å². The summed E-state index contributed by atoms with van der Waals surface area (Å²) >= 11 is 0. The number of carbonyl (C=O) groups is 1. The molecule has 1 aromatic rings. The van der Waals surface area contributed by atoms with Crippen molar-refractivity contribution in [1.29, 1.82) is 0 Å². The van der Waals surface area contributed by atoms with Crippen LogP contribution < -0.4 is 11.1 Å². The Balaban J connectivity index is 1.87. The number of nitrogens with one attached hydrogen (secondary N) is 1. The molecule has 3 N–H and O–H groups in total. The summed E-state index contributed by atoms with van der Waals surface area (Å²) in [6, 6.07) is 8.07. The van der Waals surface area contributed by atoms with Crippen LogP contribution in [0.3, 0.4) is 0 Å². The first-order chi connectivity index (χ1) is 9.58. The van der Waals surface area contributed by atoms with Crippen LogP contribution >= 0.6 is 0 Å². The molecule has 1 unspecified atom stereocenters. The summed E-state index contributed by atoms with van der Waals surface area (Å²) in [6.45, 7) is 7.39. The second-order valence-electron chi connectivity index (χ2n) is 5.95. The van der Waals surface area contributed by atoms with Crippen molar-refractivity contribution in [1.82, 2.24) is 4.90 Å². The highest BCUT2D eigenvalue weighted by atomic mass is 16.2. The van der Waals surface area contributed by atoms with Crippen molar-refractivity contribution in [2.45, 2.75) is 26.2 Å². The van der Waals surface area contributed by atoms with Gasteiger partial charge in [-0.15, -0.1) is 0 Å². The van der Waals surface area contributed by atoms with Gasteiger partial charge >= 0.3 is 0 Å². The summed E-state index contributed by atoms with van der Waals surface area (Å²) in [5.74, 6) is 1.08. The predicted octanol–water partition coefficient (Wildman–Crippen LogP) is 2.03. The van der Waals surface area contributed by atoms with Crippen LogP contribution in [0.2, 0.25) is 0 Å². The van der Waals surface area contributed by atoms with Crippen LogP contribution in [-0.4, -0.2) is 37.0 Å². The Labute approximate surface area is 121 Å². The molecule has 0 radical (unpaired) electrons. The van der Waals surface area contributed by atoms with Gasteiger partial charge in [0.2, 0.25) is 5.91 Å². The molecule has 0 aromatic heterocycles. The van der Waals surface area contributed by atoms with E-state index in [1.807, 2.05) is 12.1 Å². The van der Waals surface area contributed by atoms with Crippen LogP contribution in [0.4, 0.5) is 5.69 Å². The van der Waals surface area contributed by atoms with E-state index in [0.29, 0.717) is 24.9 Å². The monoisotopic (exact) mass is 275 g/mol. The molecule has 2 rings (SSSR count). The lowest BCUT2D eigenvalue weighted by Crippen LogP contribution is -2.32. The van der Waals surface area contributed by atoms with E-state index in [4.69, 9.17) is 5.73 Å². The van der Waals surface area contributed by atoms with Crippen molar-refractivity contribution in [3.05, 3.63) is 29.8 Å². The third-order valence-electron chi connectivity index (χ3n) is 3.91. The Morgan fingerprint density at radius 2 is 2.30 bits per heavy atom. The number of hydrogen-bond acceptors (Lipinski definition) is 3. The molecule has 1 heterocycles. The van der Waals surface area contributed by atoms with Crippen LogP contribution in [0.15, 0.2) is 24.3 Å². The largest absolute Gasteiger partial charge is 0.330 e. The summed E-state index contributed by atoms with van der Waals surface area (Å²) in [5.41, 5.74) is 7.80. The third-order valence-corrected chi connectivity index (χ3v) is 3.91. The fourth-order valence-electron chi connectivity index (χ4n) is 2.63. The lowest BCUT2D eigenvalue weighted by atomic mass is 10.0. The molecular formula is C16H25N3O. The van der Waals surface area contributed by atoms with Crippen molar-refractivity contribution in [2.24, 2.45) is 11.7 Å². The first kappa shape index (κ1) is 15.0. The minimum absolute atomic E-state index is 0.0589. The highest BCUT2D eigenvalue weighted by Crippen LogP contribution is 2.19. The fraction of sp³-hybridized carbons (Fsp3) is 0.562. The van der Waals surface area contributed by atoms with Crippen molar-refractivity contribution >= 4 is 11.6 Å². The number of nitrogens with two attached hydrogens (primary N) is 1. The van der Waals surface area contributed by atoms with E-state index in [0.717, 1.165) is 25.2 Å². The fourth-order valence-corrected chi connectivity index (χ4v) is 2.63. The van der Waals surface area contributed by atoms with Gasteiger partial charge in [-0.1, -0.05) is 26.0 Å². The van der Waals surface area contributed by atoms with Gasteiger partial charge < -0.3 is 11.1 Å². The van der Waals surface area contributed by atoms with Crippen molar-refractivity contribution < 1.29 is 4.79 Å². The van der Waals surface area contributed by atoms with E-state index < -0.39 is 0 Å². The molecule has 1 fully saturated rings. The Kier molecular flexibility index (Phi) is 5.15. The zero-order valence-corrected chi connectivity index (χ0v) is 12.4. The third kappa shape index (κ3) is 4.05. The van der Waals surface area contributed by atoms with Gasteiger partial charge in [0, 0.05) is 12.2 Å². The molecule has 1 aromatic carbocycles. The zero-order valence-electron chi connectivity index (χ0n) is 12.4. The van der Waals surface area contributed by atoms with E-state index in [-0.39, 0.29) is 5.91 Å². The number of benzene rings is 1. The summed E-state index contributed by atoms with van der Waals surface area (Å²) in [5, 5.41) is 2.99. The van der Waals surface area contributed by atoms with Gasteiger partial charge in [-0.2, -0.15) is 0 Å². The lowest BCUT2D eigenvalue weighted by Gasteiger charge is -2.16. The average molecular weight is 275 g/mol. The molecule has 20 heavy (non-hydrogen) atoms. The van der Waals surface area contributed by atoms with Gasteiger partial charge in [-0.3, -0.25) is 9.69 Å². The molecule has 110 valence electrons. The molecular weight excluding hydrogens is 250 g/mol. The molecule has 0 saturated carbocycles. The topological polar surface area (TPSA) is 58.4 Å². The number of amides is 1. The minimum Gasteiger partial charge on any atom is -0.330 e. The highest BCUT2D eigenvalue weighted by molar-refractivity contribution is 5.92. The zero-order chi connectivity index (χ0) is 14.5. The van der Waals surface area contributed by atoms with E-state index in [2.05, 4.69) is 36.2 Å². The van der Waals surface area contributed by atoms with Crippen LogP contribution in [0, 0.1) is 5.92 Å². The first-order valence-electron chi connectivity index (χ1n) is 7.40. The van der Waals surface area contributed by atoms with Gasteiger partial charge in [-0.05, 0) is 49.0 Å². The van der Waals surface area contributed by atoms with Gasteiger partial charge in [0.05, 0.1) is 6.54 Å². The average Bonchev–Trinajstić information content (AvgIpc) is 2.86. The standard InChI is InChI=1S/C16H25N3O/c1-12(2)14-4-3-5-15(8-14)18-16(20)11-19-7-6-13(9-17)10-19/h3-5,8,12-13H,6-7,9-11,17H2,1-2H3,(H,18,20). The van der Waals surface area contributed by atoms with Crippen LogP contribution in [0.5, 0.6) is 0 Å². The number of rotatable bonds is 5. The number of anilines is 1. The summed E-state index contributed by atoms with van der Waals surface area (Å²) in [4.78, 5) is 14.2. The van der Waals surface area contributed by atoms with Crippen LogP contribution in [0.25, 0.3) is 0 Å². The summed E-state index contributed by atoms with van der Waals surface area (Å²) in [7, 11) is 0. The Bertz CT molecular complexity index is 459. The van der Waals surface area contributed by atoms with Crippen molar-refractivity contribution in [3.63, 3.8) is 0 Å². The summed E-state index contributed by atoms with van der Waals surface area (Å²) in [6.07, 6.45) is 1.10. The number of carbonyl (C=O) groups excluding carboxylic acids is 1. The second-order valence-corrected chi connectivity index (χ2v) is 5.95. The maximum absolute atomic E-state index is 12.1. The lowest BCUT2D eigenvalue weighted by molar-refractivity contribution is -0.117. The number of nitrogens with zero attached hydrogens (tertiary/aromatic N) is 1. The molecule has 1 saturated heterocycles. The van der Waals surface area contributed by atoms with Gasteiger partial charge in [-0.25, -0.2) is 0 Å². The van der Waals surface area contributed by atoms with Crippen LogP contribution in [-0.2, 0) is 4.79 Å². The molecule has 0 bridgehead atoms. The quantitative estimate of drug-likeness (QED) is 0.864. The van der Waals surface area contributed by atoms with Gasteiger partial charge in [0.15, 0.2) is 0 Å². The van der Waals surface area contributed by atoms with Crippen molar-refractivity contribution in [3.8, 4) is 0 Å². The Hall–Kier alpha value is -1.39. The molecule has 4 heteroatoms. The maximum Gasteiger partial charge on any atom is 0.238 e. The van der Waals surface area contributed by atoms with E-state index in [9.17, 15) is 4.79 Å². The first-order valence-corrected chi connectivity index (χ1v) is 7.40. The highest BCUT2D eigenvalue weighted by Gasteiger charge is 2.22.